The van der Waals surface area contributed by atoms with E-state index in [1.807, 2.05) is 38.2 Å². The van der Waals surface area contributed by atoms with Gasteiger partial charge in [0.05, 0.1) is 0 Å². The van der Waals surface area contributed by atoms with Crippen molar-refractivity contribution in [1.29, 1.82) is 0 Å². The molecule has 0 aliphatic rings. The molecule has 6 heteroatoms. The van der Waals surface area contributed by atoms with E-state index >= 15 is 0 Å². The van der Waals surface area contributed by atoms with Gasteiger partial charge in [0, 0.05) is 10.6 Å². The number of hydrogen-bond acceptors (Lipinski definition) is 4. The van der Waals surface area contributed by atoms with Gasteiger partial charge in [0.1, 0.15) is 4.21 Å². The summed E-state index contributed by atoms with van der Waals surface area (Å²) in [5, 5.41) is 3.06. The molecule has 1 heterocycles. The molecule has 0 aliphatic heterocycles. The van der Waals surface area contributed by atoms with E-state index in [1.165, 1.54) is 11.3 Å². The maximum atomic E-state index is 12.4. The predicted molar refractivity (Wildman–Crippen MR) is 88.6 cm³/mol. The van der Waals surface area contributed by atoms with Crippen LogP contribution in [0.15, 0.2) is 40.6 Å². The van der Waals surface area contributed by atoms with Crippen LogP contribution in [0.25, 0.3) is 0 Å². The molecule has 0 aliphatic carbocycles. The van der Waals surface area contributed by atoms with Crippen LogP contribution in [-0.2, 0) is 22.9 Å². The van der Waals surface area contributed by atoms with Gasteiger partial charge in [-0.2, -0.15) is 0 Å². The Morgan fingerprint density at radius 2 is 2.00 bits per heavy atom. The minimum atomic E-state index is -3.49. The van der Waals surface area contributed by atoms with Crippen LogP contribution in [0, 0.1) is 0 Å². The average molecular weight is 324 g/mol. The Balaban J connectivity index is 2.15. The fourth-order valence-electron chi connectivity index (χ4n) is 1.95. The van der Waals surface area contributed by atoms with Crippen molar-refractivity contribution in [2.45, 2.75) is 24.0 Å². The number of hydrogen-bond donors (Lipinski definition) is 2. The van der Waals surface area contributed by atoms with Crippen molar-refractivity contribution < 1.29 is 8.42 Å². The van der Waals surface area contributed by atoms with Gasteiger partial charge in [0.2, 0.25) is 0 Å². The fraction of sp³-hybridized carbons (Fsp3) is 0.333. The van der Waals surface area contributed by atoms with Gasteiger partial charge in [-0.1, -0.05) is 19.1 Å². The van der Waals surface area contributed by atoms with Gasteiger partial charge in [0.15, 0.2) is 0 Å². The Hall–Kier alpha value is -1.37. The van der Waals surface area contributed by atoms with Gasteiger partial charge < -0.3 is 5.32 Å². The van der Waals surface area contributed by atoms with Gasteiger partial charge in [-0.25, -0.2) is 8.42 Å². The van der Waals surface area contributed by atoms with Gasteiger partial charge in [0.25, 0.3) is 10.0 Å². The lowest BCUT2D eigenvalue weighted by Gasteiger charge is -2.07. The monoisotopic (exact) mass is 324 g/mol. The van der Waals surface area contributed by atoms with Crippen LogP contribution >= 0.6 is 11.3 Å². The first-order chi connectivity index (χ1) is 10.0. The second kappa shape index (κ2) is 7.06. The molecule has 0 unspecified atom stereocenters. The lowest BCUT2D eigenvalue weighted by molar-refractivity contribution is 0.603. The molecule has 2 N–H and O–H groups in total. The van der Waals surface area contributed by atoms with E-state index in [-0.39, 0.29) is 0 Å². The highest BCUT2D eigenvalue weighted by atomic mass is 32.2. The van der Waals surface area contributed by atoms with Crippen LogP contribution in [0.1, 0.15) is 17.4 Å². The van der Waals surface area contributed by atoms with Crippen LogP contribution in [0.3, 0.4) is 0 Å². The number of nitrogens with one attached hydrogen (secondary N) is 2. The lowest BCUT2D eigenvalue weighted by atomic mass is 10.1. The Labute approximate surface area is 130 Å². The Morgan fingerprint density at radius 3 is 2.71 bits per heavy atom. The molecule has 2 aromatic rings. The van der Waals surface area contributed by atoms with E-state index in [9.17, 15) is 8.42 Å². The van der Waals surface area contributed by atoms with Crippen molar-refractivity contribution in [2.75, 3.05) is 18.3 Å². The van der Waals surface area contributed by atoms with Crippen LogP contribution in [0.4, 0.5) is 5.69 Å². The van der Waals surface area contributed by atoms with Crippen molar-refractivity contribution in [2.24, 2.45) is 0 Å². The van der Waals surface area contributed by atoms with E-state index in [0.717, 1.165) is 29.8 Å². The Morgan fingerprint density at radius 1 is 1.19 bits per heavy atom. The van der Waals surface area contributed by atoms with Gasteiger partial charge in [-0.3, -0.25) is 4.72 Å². The summed E-state index contributed by atoms with van der Waals surface area (Å²) < 4.78 is 27.7. The summed E-state index contributed by atoms with van der Waals surface area (Å²) in [6.45, 7) is 2.88. The first-order valence-electron chi connectivity index (χ1n) is 6.90. The molecule has 0 atom stereocenters. The summed E-state index contributed by atoms with van der Waals surface area (Å²) in [6.07, 6.45) is 1.71. The molecule has 0 fully saturated rings. The van der Waals surface area contributed by atoms with Crippen LogP contribution in [0.5, 0.6) is 0 Å². The minimum absolute atomic E-state index is 0.357. The van der Waals surface area contributed by atoms with E-state index in [2.05, 4.69) is 10.0 Å². The number of sulfonamides is 1. The third-order valence-electron chi connectivity index (χ3n) is 3.11. The highest BCUT2D eigenvalue weighted by molar-refractivity contribution is 7.94. The van der Waals surface area contributed by atoms with E-state index < -0.39 is 10.0 Å². The molecule has 0 spiro atoms. The summed E-state index contributed by atoms with van der Waals surface area (Å²) in [7, 11) is -1.61. The molecule has 2 rings (SSSR count). The summed E-state index contributed by atoms with van der Waals surface area (Å²) >= 11 is 1.32. The van der Waals surface area contributed by atoms with Gasteiger partial charge in [-0.05, 0) is 56.3 Å². The van der Waals surface area contributed by atoms with Crippen molar-refractivity contribution in [3.05, 3.63) is 46.8 Å². The van der Waals surface area contributed by atoms with Crippen molar-refractivity contribution in [3.63, 3.8) is 0 Å². The molecule has 0 amide bonds. The minimum Gasteiger partial charge on any atom is -0.319 e. The second-order valence-corrected chi connectivity index (χ2v) is 7.81. The van der Waals surface area contributed by atoms with Crippen LogP contribution in [0.2, 0.25) is 0 Å². The van der Waals surface area contributed by atoms with Crippen LogP contribution < -0.4 is 10.0 Å². The van der Waals surface area contributed by atoms with Crippen molar-refractivity contribution in [1.82, 2.24) is 5.32 Å². The normalized spacial score (nSPS) is 11.5. The quantitative estimate of drug-likeness (QED) is 0.823. The molecule has 1 aromatic heterocycles. The van der Waals surface area contributed by atoms with Crippen molar-refractivity contribution in [3.8, 4) is 0 Å². The SMILES string of the molecule is CCc1cccc(NS(=O)(=O)c2ccc(CCNC)s2)c1. The molecule has 0 saturated carbocycles. The largest absolute Gasteiger partial charge is 0.319 e. The number of likely N-dealkylation sites (N-methyl/N-ethyl adjacent to an activating group) is 1. The average Bonchev–Trinajstić information content (AvgIpc) is 2.94. The predicted octanol–water partition coefficient (Wildman–Crippen LogP) is 2.87. The maximum absolute atomic E-state index is 12.4. The molecule has 21 heavy (non-hydrogen) atoms. The summed E-state index contributed by atoms with van der Waals surface area (Å²) in [5.41, 5.74) is 1.72. The molecular weight excluding hydrogens is 304 g/mol. The third kappa shape index (κ3) is 4.30. The van der Waals surface area contributed by atoms with Gasteiger partial charge >= 0.3 is 0 Å². The Bertz CT molecular complexity index is 693. The van der Waals surface area contributed by atoms with E-state index in [1.54, 1.807) is 12.1 Å². The van der Waals surface area contributed by atoms with E-state index in [0.29, 0.717) is 9.90 Å². The van der Waals surface area contributed by atoms with Crippen molar-refractivity contribution >= 4 is 27.0 Å². The maximum Gasteiger partial charge on any atom is 0.271 e. The standard InChI is InChI=1S/C15H20N2O2S2/c1-3-12-5-4-6-13(11-12)17-21(18,19)15-8-7-14(20-15)9-10-16-2/h4-8,11,16-17H,3,9-10H2,1-2H3. The molecule has 0 radical (unpaired) electrons. The first kappa shape index (κ1) is 16.0. The summed E-state index contributed by atoms with van der Waals surface area (Å²) in [6, 6.07) is 11.0. The zero-order valence-electron chi connectivity index (χ0n) is 12.2. The molecule has 114 valence electrons. The van der Waals surface area contributed by atoms with Crippen LogP contribution in [-0.4, -0.2) is 22.0 Å². The molecule has 0 bridgehead atoms. The smallest absolute Gasteiger partial charge is 0.271 e. The fourth-order valence-corrected chi connectivity index (χ4v) is 4.35. The molecule has 4 nitrogen and oxygen atoms in total. The topological polar surface area (TPSA) is 58.2 Å². The molecule has 0 saturated heterocycles. The third-order valence-corrected chi connectivity index (χ3v) is 6.13. The highest BCUT2D eigenvalue weighted by Gasteiger charge is 2.17. The zero-order valence-corrected chi connectivity index (χ0v) is 13.9. The Kier molecular flexibility index (Phi) is 5.39. The summed E-state index contributed by atoms with van der Waals surface area (Å²) in [4.78, 5) is 1.06. The number of benzene rings is 1. The zero-order chi connectivity index (χ0) is 15.3. The molecular formula is C15H20N2O2S2. The highest BCUT2D eigenvalue weighted by Crippen LogP contribution is 2.24. The number of rotatable bonds is 7. The number of anilines is 1. The summed E-state index contributed by atoms with van der Waals surface area (Å²) in [5.74, 6) is 0. The number of aryl methyl sites for hydroxylation is 1. The lowest BCUT2D eigenvalue weighted by Crippen LogP contribution is -2.11. The molecule has 1 aromatic carbocycles. The van der Waals surface area contributed by atoms with E-state index in [4.69, 9.17) is 0 Å². The first-order valence-corrected chi connectivity index (χ1v) is 9.20. The van der Waals surface area contributed by atoms with Gasteiger partial charge in [-0.15, -0.1) is 11.3 Å². The second-order valence-electron chi connectivity index (χ2n) is 4.73. The number of thiophene rings is 1.